The number of hydrogen-bond acceptors (Lipinski definition) is 3. The first-order valence-electron chi connectivity index (χ1n) is 9.50. The predicted octanol–water partition coefficient (Wildman–Crippen LogP) is 3.89. The van der Waals surface area contributed by atoms with Gasteiger partial charge in [-0.25, -0.2) is 0 Å². The molecular weight excluding hydrogens is 429 g/mol. The van der Waals surface area contributed by atoms with Gasteiger partial charge in [-0.3, -0.25) is 4.99 Å². The third-order valence-electron chi connectivity index (χ3n) is 5.14. The Hall–Kier alpha value is -0.760. The van der Waals surface area contributed by atoms with Crippen LogP contribution in [0.4, 0.5) is 0 Å². The van der Waals surface area contributed by atoms with Crippen LogP contribution in [0.5, 0.6) is 0 Å². The van der Waals surface area contributed by atoms with E-state index in [2.05, 4.69) is 17.1 Å². The van der Waals surface area contributed by atoms with E-state index in [1.54, 1.807) is 6.26 Å². The topological polar surface area (TPSA) is 50.0 Å². The number of hydrogen-bond donors (Lipinski definition) is 1. The zero-order valence-electron chi connectivity index (χ0n) is 15.3. The molecule has 1 aromatic heterocycles. The van der Waals surface area contributed by atoms with Crippen molar-refractivity contribution in [3.8, 4) is 0 Å². The van der Waals surface area contributed by atoms with Crippen LogP contribution >= 0.6 is 24.0 Å². The van der Waals surface area contributed by atoms with Gasteiger partial charge in [-0.2, -0.15) is 0 Å². The molecule has 1 saturated carbocycles. The van der Waals surface area contributed by atoms with Gasteiger partial charge < -0.3 is 19.4 Å². The number of aliphatic imine (C=N–C) groups is 1. The Bertz CT molecular complexity index is 493. The summed E-state index contributed by atoms with van der Waals surface area (Å²) in [6, 6.07) is 3.83. The molecule has 142 valence electrons. The summed E-state index contributed by atoms with van der Waals surface area (Å²) in [7, 11) is 0. The first kappa shape index (κ1) is 20.6. The normalized spacial score (nSPS) is 23.2. The average Bonchev–Trinajstić information content (AvgIpc) is 3.25. The molecule has 2 aliphatic rings. The van der Waals surface area contributed by atoms with E-state index in [4.69, 9.17) is 14.1 Å². The van der Waals surface area contributed by atoms with Crippen LogP contribution in [0.1, 0.15) is 44.8 Å². The maximum Gasteiger partial charge on any atom is 0.193 e. The highest BCUT2D eigenvalue weighted by Crippen LogP contribution is 2.35. The maximum atomic E-state index is 5.63. The molecule has 3 rings (SSSR count). The van der Waals surface area contributed by atoms with Gasteiger partial charge in [-0.15, -0.1) is 24.0 Å². The van der Waals surface area contributed by atoms with Gasteiger partial charge in [0.1, 0.15) is 12.4 Å². The van der Waals surface area contributed by atoms with Crippen molar-refractivity contribution in [1.82, 2.24) is 10.2 Å². The highest BCUT2D eigenvalue weighted by molar-refractivity contribution is 14.0. The molecule has 2 heterocycles. The molecular formula is C19H32IN3O2. The summed E-state index contributed by atoms with van der Waals surface area (Å²) in [5, 5.41) is 3.47. The van der Waals surface area contributed by atoms with Crippen molar-refractivity contribution in [1.29, 1.82) is 0 Å². The molecule has 25 heavy (non-hydrogen) atoms. The molecule has 0 aromatic carbocycles. The molecule has 1 aliphatic heterocycles. The molecule has 1 N–H and O–H groups in total. The van der Waals surface area contributed by atoms with Crippen molar-refractivity contribution < 1.29 is 9.15 Å². The molecule has 2 unspecified atom stereocenters. The second kappa shape index (κ2) is 11.1. The molecule has 0 bridgehead atoms. The van der Waals surface area contributed by atoms with Crippen molar-refractivity contribution in [2.75, 3.05) is 32.8 Å². The van der Waals surface area contributed by atoms with Gasteiger partial charge in [-0.1, -0.05) is 12.8 Å². The zero-order chi connectivity index (χ0) is 16.6. The fraction of sp³-hybridized carbons (Fsp3) is 0.737. The van der Waals surface area contributed by atoms with E-state index in [0.717, 1.165) is 49.7 Å². The molecule has 0 spiro atoms. The maximum absolute atomic E-state index is 5.63. The Balaban J connectivity index is 0.00000225. The van der Waals surface area contributed by atoms with Gasteiger partial charge in [-0.05, 0) is 50.2 Å². The van der Waals surface area contributed by atoms with Crippen molar-refractivity contribution in [2.24, 2.45) is 16.8 Å². The van der Waals surface area contributed by atoms with Crippen LogP contribution in [0.15, 0.2) is 27.8 Å². The van der Waals surface area contributed by atoms with Crippen LogP contribution in [-0.4, -0.2) is 43.6 Å². The number of rotatable bonds is 7. The zero-order valence-corrected chi connectivity index (χ0v) is 17.6. The molecule has 0 amide bonds. The van der Waals surface area contributed by atoms with E-state index in [9.17, 15) is 0 Å². The van der Waals surface area contributed by atoms with Crippen LogP contribution in [0.3, 0.4) is 0 Å². The van der Waals surface area contributed by atoms with Crippen LogP contribution in [0, 0.1) is 11.8 Å². The van der Waals surface area contributed by atoms with E-state index in [-0.39, 0.29) is 24.0 Å². The molecule has 2 atom stereocenters. The molecule has 1 saturated heterocycles. The third kappa shape index (κ3) is 6.16. The van der Waals surface area contributed by atoms with Crippen LogP contribution in [0.2, 0.25) is 0 Å². The summed E-state index contributed by atoms with van der Waals surface area (Å²) in [6.07, 6.45) is 8.25. The summed E-state index contributed by atoms with van der Waals surface area (Å²) >= 11 is 0. The lowest BCUT2D eigenvalue weighted by molar-refractivity contribution is 0.105. The van der Waals surface area contributed by atoms with E-state index in [1.807, 2.05) is 12.1 Å². The molecule has 6 heteroatoms. The largest absolute Gasteiger partial charge is 0.467 e. The van der Waals surface area contributed by atoms with Crippen molar-refractivity contribution in [3.05, 3.63) is 24.2 Å². The van der Waals surface area contributed by atoms with E-state index < -0.39 is 0 Å². The van der Waals surface area contributed by atoms with Gasteiger partial charge >= 0.3 is 0 Å². The first-order valence-corrected chi connectivity index (χ1v) is 9.50. The summed E-state index contributed by atoms with van der Waals surface area (Å²) in [4.78, 5) is 7.30. The van der Waals surface area contributed by atoms with E-state index in [1.165, 1.54) is 38.8 Å². The minimum absolute atomic E-state index is 0. The number of nitrogens with one attached hydrogen (secondary N) is 1. The number of guanidine groups is 1. The second-order valence-electron chi connectivity index (χ2n) is 6.93. The van der Waals surface area contributed by atoms with Crippen LogP contribution in [0.25, 0.3) is 0 Å². The van der Waals surface area contributed by atoms with Crippen molar-refractivity contribution in [2.45, 2.75) is 45.6 Å². The number of nitrogens with zero attached hydrogens (tertiary/aromatic N) is 2. The lowest BCUT2D eigenvalue weighted by Crippen LogP contribution is -2.40. The van der Waals surface area contributed by atoms with Gasteiger partial charge in [0.25, 0.3) is 0 Å². The Labute approximate surface area is 168 Å². The standard InChI is InChI=1S/C19H31N3O2.HI/c1-2-20-19(22-13-16-7-3-4-8-17(16)14-22)21-10-6-11-23-15-18-9-5-12-24-18;/h5,9,12,16-17H,2-4,6-8,10-11,13-15H2,1H3,(H,20,21);1H. The van der Waals surface area contributed by atoms with E-state index in [0.29, 0.717) is 6.61 Å². The molecule has 1 aromatic rings. The molecule has 0 radical (unpaired) electrons. The summed E-state index contributed by atoms with van der Waals surface area (Å²) in [6.45, 7) is 7.52. The van der Waals surface area contributed by atoms with Gasteiger partial charge in [0, 0.05) is 32.8 Å². The van der Waals surface area contributed by atoms with Crippen LogP contribution < -0.4 is 5.32 Å². The Kier molecular flexibility index (Phi) is 9.09. The van der Waals surface area contributed by atoms with Gasteiger partial charge in [0.2, 0.25) is 0 Å². The van der Waals surface area contributed by atoms with Gasteiger partial charge in [0.15, 0.2) is 5.96 Å². The number of fused-ring (bicyclic) bond motifs is 1. The Morgan fingerprint density at radius 3 is 2.72 bits per heavy atom. The van der Waals surface area contributed by atoms with E-state index >= 15 is 0 Å². The Morgan fingerprint density at radius 2 is 2.08 bits per heavy atom. The molecule has 1 aliphatic carbocycles. The van der Waals surface area contributed by atoms with Crippen molar-refractivity contribution >= 4 is 29.9 Å². The number of halogens is 1. The third-order valence-corrected chi connectivity index (χ3v) is 5.14. The summed E-state index contributed by atoms with van der Waals surface area (Å²) in [5.74, 6) is 3.75. The van der Waals surface area contributed by atoms with Crippen LogP contribution in [-0.2, 0) is 11.3 Å². The smallest absolute Gasteiger partial charge is 0.193 e. The summed E-state index contributed by atoms with van der Waals surface area (Å²) in [5.41, 5.74) is 0. The first-order chi connectivity index (χ1) is 11.9. The highest BCUT2D eigenvalue weighted by atomic mass is 127. The number of furan rings is 1. The van der Waals surface area contributed by atoms with Gasteiger partial charge in [0.05, 0.1) is 6.26 Å². The highest BCUT2D eigenvalue weighted by Gasteiger charge is 2.35. The summed E-state index contributed by atoms with van der Waals surface area (Å²) < 4.78 is 10.9. The molecule has 5 nitrogen and oxygen atoms in total. The number of ether oxygens (including phenoxy) is 1. The van der Waals surface area contributed by atoms with Crippen molar-refractivity contribution in [3.63, 3.8) is 0 Å². The minimum Gasteiger partial charge on any atom is -0.467 e. The predicted molar refractivity (Wildman–Crippen MR) is 111 cm³/mol. The fourth-order valence-corrected chi connectivity index (χ4v) is 3.92. The SMILES string of the molecule is CCNC(=NCCCOCc1ccco1)N1CC2CCCCC2C1.I. The Morgan fingerprint density at radius 1 is 1.32 bits per heavy atom. The second-order valence-corrected chi connectivity index (χ2v) is 6.93. The minimum atomic E-state index is 0. The lowest BCUT2D eigenvalue weighted by atomic mass is 9.82. The fourth-order valence-electron chi connectivity index (χ4n) is 3.92. The monoisotopic (exact) mass is 461 g/mol. The quantitative estimate of drug-likeness (QED) is 0.290. The average molecular weight is 461 g/mol. The number of likely N-dealkylation sites (tertiary alicyclic amines) is 1. The molecule has 2 fully saturated rings. The lowest BCUT2D eigenvalue weighted by Gasteiger charge is -2.22.